The molecule has 0 bridgehead atoms. The molecule has 4 rings (SSSR count). The van der Waals surface area contributed by atoms with Gasteiger partial charge >= 0.3 is 0 Å². The van der Waals surface area contributed by atoms with Gasteiger partial charge in [0.2, 0.25) is 5.95 Å². The average molecular weight is 363 g/mol. The number of hydrogen-bond donors (Lipinski definition) is 2. The van der Waals surface area contributed by atoms with E-state index in [-0.39, 0.29) is 5.82 Å². The minimum absolute atomic E-state index is 0.340. The third-order valence-electron chi connectivity index (χ3n) is 4.64. The van der Waals surface area contributed by atoms with Gasteiger partial charge in [-0.25, -0.2) is 9.37 Å². The van der Waals surface area contributed by atoms with Gasteiger partial charge in [-0.15, -0.1) is 0 Å². The summed E-state index contributed by atoms with van der Waals surface area (Å²) in [6.07, 6.45) is 5.49. The maximum atomic E-state index is 13.8. The number of rotatable bonds is 5. The van der Waals surface area contributed by atoms with Crippen LogP contribution in [0, 0.1) is 5.82 Å². The highest BCUT2D eigenvalue weighted by Crippen LogP contribution is 2.24. The molecule has 1 aromatic heterocycles. The molecule has 27 heavy (non-hydrogen) atoms. The van der Waals surface area contributed by atoms with Crippen molar-refractivity contribution in [1.82, 2.24) is 9.97 Å². The van der Waals surface area contributed by atoms with Crippen LogP contribution in [0.1, 0.15) is 19.3 Å². The lowest BCUT2D eigenvalue weighted by molar-refractivity contribution is 0.578. The van der Waals surface area contributed by atoms with Gasteiger partial charge in [0, 0.05) is 30.7 Å². The van der Waals surface area contributed by atoms with Crippen LogP contribution in [0.2, 0.25) is 0 Å². The van der Waals surface area contributed by atoms with Gasteiger partial charge < -0.3 is 15.5 Å². The molecule has 2 heterocycles. The molecule has 1 fully saturated rings. The molecule has 0 spiro atoms. The van der Waals surface area contributed by atoms with Gasteiger partial charge in [0.25, 0.3) is 0 Å². The Kier molecular flexibility index (Phi) is 5.14. The van der Waals surface area contributed by atoms with Crippen LogP contribution in [0.3, 0.4) is 0 Å². The standard InChI is InChI=1S/C21H22FN5/c22-18-6-2-3-7-19(18)25-21-23-13-12-20(26-21)24-16-8-10-17(11-9-16)27-14-4-1-5-15-27/h2-3,6-13H,1,4-5,14-15H2,(H2,23,24,25,26). The quantitative estimate of drug-likeness (QED) is 0.661. The zero-order valence-electron chi connectivity index (χ0n) is 15.0. The van der Waals surface area contributed by atoms with Crippen molar-refractivity contribution in [2.24, 2.45) is 0 Å². The van der Waals surface area contributed by atoms with Crippen LogP contribution in [-0.2, 0) is 0 Å². The summed E-state index contributed by atoms with van der Waals surface area (Å²) >= 11 is 0. The van der Waals surface area contributed by atoms with Crippen molar-refractivity contribution < 1.29 is 4.39 Å². The normalized spacial score (nSPS) is 14.0. The molecule has 0 amide bonds. The number of para-hydroxylation sites is 1. The zero-order chi connectivity index (χ0) is 18.5. The lowest BCUT2D eigenvalue weighted by Crippen LogP contribution is -2.29. The smallest absolute Gasteiger partial charge is 0.229 e. The van der Waals surface area contributed by atoms with Gasteiger partial charge in [0.15, 0.2) is 0 Å². The van der Waals surface area contributed by atoms with Crippen molar-refractivity contribution in [3.05, 3.63) is 66.6 Å². The van der Waals surface area contributed by atoms with Crippen LogP contribution in [0.4, 0.5) is 33.2 Å². The Morgan fingerprint density at radius 2 is 1.63 bits per heavy atom. The number of piperidine rings is 1. The number of aromatic nitrogens is 2. The summed E-state index contributed by atoms with van der Waals surface area (Å²) in [5.74, 6) is 0.650. The first-order valence-electron chi connectivity index (χ1n) is 9.24. The number of halogens is 1. The van der Waals surface area contributed by atoms with Crippen molar-refractivity contribution in [2.75, 3.05) is 28.6 Å². The maximum Gasteiger partial charge on any atom is 0.229 e. The molecule has 1 aliphatic heterocycles. The first kappa shape index (κ1) is 17.3. The first-order chi connectivity index (χ1) is 13.3. The van der Waals surface area contributed by atoms with Gasteiger partial charge in [0.05, 0.1) is 5.69 Å². The molecule has 0 atom stereocenters. The Hall–Kier alpha value is -3.15. The van der Waals surface area contributed by atoms with Crippen molar-refractivity contribution in [3.63, 3.8) is 0 Å². The number of anilines is 5. The van der Waals surface area contributed by atoms with E-state index in [9.17, 15) is 4.39 Å². The van der Waals surface area contributed by atoms with Gasteiger partial charge in [-0.1, -0.05) is 12.1 Å². The molecule has 3 aromatic rings. The summed E-state index contributed by atoms with van der Waals surface area (Å²) < 4.78 is 13.8. The van der Waals surface area contributed by atoms with Crippen LogP contribution in [-0.4, -0.2) is 23.1 Å². The van der Waals surface area contributed by atoms with Crippen LogP contribution >= 0.6 is 0 Å². The molecule has 2 aromatic carbocycles. The largest absolute Gasteiger partial charge is 0.372 e. The molecule has 1 aliphatic rings. The number of benzene rings is 2. The van der Waals surface area contributed by atoms with Crippen LogP contribution in [0.25, 0.3) is 0 Å². The van der Waals surface area contributed by atoms with Crippen molar-refractivity contribution in [2.45, 2.75) is 19.3 Å². The second-order valence-electron chi connectivity index (χ2n) is 6.59. The predicted molar refractivity (Wildman–Crippen MR) is 108 cm³/mol. The van der Waals surface area contributed by atoms with Gasteiger partial charge in [0.1, 0.15) is 11.6 Å². The van der Waals surface area contributed by atoms with Gasteiger partial charge in [-0.3, -0.25) is 0 Å². The van der Waals surface area contributed by atoms with Crippen molar-refractivity contribution in [1.29, 1.82) is 0 Å². The zero-order valence-corrected chi connectivity index (χ0v) is 15.0. The van der Waals surface area contributed by atoms with E-state index in [4.69, 9.17) is 0 Å². The fourth-order valence-electron chi connectivity index (χ4n) is 3.23. The van der Waals surface area contributed by atoms with E-state index in [0.29, 0.717) is 17.5 Å². The Labute approximate surface area is 158 Å². The Balaban J connectivity index is 1.44. The maximum absolute atomic E-state index is 13.8. The monoisotopic (exact) mass is 363 g/mol. The minimum Gasteiger partial charge on any atom is -0.372 e. The average Bonchev–Trinajstić information content (AvgIpc) is 2.71. The van der Waals surface area contributed by atoms with E-state index in [0.717, 1.165) is 18.8 Å². The molecule has 5 nitrogen and oxygen atoms in total. The van der Waals surface area contributed by atoms with Crippen LogP contribution < -0.4 is 15.5 Å². The Morgan fingerprint density at radius 3 is 2.41 bits per heavy atom. The second kappa shape index (κ2) is 8.03. The summed E-state index contributed by atoms with van der Waals surface area (Å²) in [5.41, 5.74) is 2.55. The van der Waals surface area contributed by atoms with Crippen molar-refractivity contribution in [3.8, 4) is 0 Å². The lowest BCUT2D eigenvalue weighted by Gasteiger charge is -2.28. The highest BCUT2D eigenvalue weighted by Gasteiger charge is 2.10. The number of hydrogen-bond acceptors (Lipinski definition) is 5. The van der Waals surface area contributed by atoms with E-state index in [2.05, 4.69) is 49.8 Å². The van der Waals surface area contributed by atoms with Crippen LogP contribution in [0.15, 0.2) is 60.8 Å². The third-order valence-corrected chi connectivity index (χ3v) is 4.64. The van der Waals surface area contributed by atoms with Gasteiger partial charge in [-0.2, -0.15) is 4.98 Å². The summed E-state index contributed by atoms with van der Waals surface area (Å²) in [6.45, 7) is 2.26. The minimum atomic E-state index is -0.340. The third kappa shape index (κ3) is 4.34. The lowest BCUT2D eigenvalue weighted by atomic mass is 10.1. The summed E-state index contributed by atoms with van der Waals surface area (Å²) in [7, 11) is 0. The summed E-state index contributed by atoms with van der Waals surface area (Å²) in [6, 6.07) is 16.6. The van der Waals surface area contributed by atoms with Crippen LogP contribution in [0.5, 0.6) is 0 Å². The topological polar surface area (TPSA) is 53.1 Å². The highest BCUT2D eigenvalue weighted by molar-refractivity contribution is 5.62. The van der Waals surface area contributed by atoms with E-state index in [1.165, 1.54) is 31.0 Å². The van der Waals surface area contributed by atoms with E-state index >= 15 is 0 Å². The SMILES string of the molecule is Fc1ccccc1Nc1nccc(Nc2ccc(N3CCCCC3)cc2)n1. The predicted octanol–water partition coefficient (Wildman–Crippen LogP) is 5.09. The Bertz CT molecular complexity index is 891. The van der Waals surface area contributed by atoms with E-state index < -0.39 is 0 Å². The molecule has 0 aliphatic carbocycles. The first-order valence-corrected chi connectivity index (χ1v) is 9.24. The highest BCUT2D eigenvalue weighted by atomic mass is 19.1. The molecule has 0 unspecified atom stereocenters. The fourth-order valence-corrected chi connectivity index (χ4v) is 3.23. The molecule has 0 saturated carbocycles. The molecular weight excluding hydrogens is 341 g/mol. The fraction of sp³-hybridized carbons (Fsp3) is 0.238. The molecule has 138 valence electrons. The molecule has 0 radical (unpaired) electrons. The molecule has 6 heteroatoms. The number of nitrogens with one attached hydrogen (secondary N) is 2. The molecular formula is C21H22FN5. The van der Waals surface area contributed by atoms with E-state index in [1.54, 1.807) is 30.5 Å². The molecule has 1 saturated heterocycles. The molecule has 2 N–H and O–H groups in total. The van der Waals surface area contributed by atoms with Gasteiger partial charge in [-0.05, 0) is 61.7 Å². The summed E-state index contributed by atoms with van der Waals surface area (Å²) in [5, 5.41) is 6.18. The number of nitrogens with zero attached hydrogens (tertiary/aromatic N) is 3. The second-order valence-corrected chi connectivity index (χ2v) is 6.59. The summed E-state index contributed by atoms with van der Waals surface area (Å²) in [4.78, 5) is 11.0. The van der Waals surface area contributed by atoms with E-state index in [1.807, 2.05) is 0 Å². The Morgan fingerprint density at radius 1 is 0.852 bits per heavy atom. The van der Waals surface area contributed by atoms with Crippen molar-refractivity contribution >= 4 is 28.8 Å².